The van der Waals surface area contributed by atoms with Crippen molar-refractivity contribution in [3.05, 3.63) is 22.7 Å². The first-order chi connectivity index (χ1) is 8.22. The summed E-state index contributed by atoms with van der Waals surface area (Å²) in [5.41, 5.74) is 0.627. The molecule has 0 bridgehead atoms. The Morgan fingerprint density at radius 1 is 1.71 bits per heavy atom. The molecular weight excluding hydrogens is 242 g/mol. The topological polar surface area (TPSA) is 92.9 Å². The van der Waals surface area contributed by atoms with Gasteiger partial charge in [0.05, 0.1) is 12.3 Å². The summed E-state index contributed by atoms with van der Waals surface area (Å²) in [5.74, 6) is -0.243. The maximum absolute atomic E-state index is 11.9. The van der Waals surface area contributed by atoms with E-state index in [0.29, 0.717) is 10.6 Å². The summed E-state index contributed by atoms with van der Waals surface area (Å²) in [7, 11) is 0. The maximum atomic E-state index is 11.9. The number of aliphatic hydroxyl groups is 1. The van der Waals surface area contributed by atoms with Gasteiger partial charge in [-0.3, -0.25) is 4.79 Å². The molecule has 1 atom stereocenters. The lowest BCUT2D eigenvalue weighted by Crippen LogP contribution is -2.35. The van der Waals surface area contributed by atoms with Crippen molar-refractivity contribution < 1.29 is 9.90 Å². The number of aliphatic hydroxyl groups excluding tert-OH is 1. The third-order valence-corrected chi connectivity index (χ3v) is 3.00. The van der Waals surface area contributed by atoms with E-state index in [1.165, 1.54) is 22.3 Å². The maximum Gasteiger partial charge on any atom is 0.263 e. The second-order valence-corrected chi connectivity index (χ2v) is 4.36. The van der Waals surface area contributed by atoms with Crippen molar-refractivity contribution in [2.45, 2.75) is 13.0 Å². The molecule has 1 unspecified atom stereocenters. The summed E-state index contributed by atoms with van der Waals surface area (Å²) in [6.07, 6.45) is 1.42. The first kappa shape index (κ1) is 11.7. The van der Waals surface area contributed by atoms with Crippen molar-refractivity contribution in [3.8, 4) is 5.69 Å². The van der Waals surface area contributed by atoms with Gasteiger partial charge in [-0.2, -0.15) is 4.68 Å². The van der Waals surface area contributed by atoms with E-state index in [2.05, 4.69) is 20.8 Å². The summed E-state index contributed by atoms with van der Waals surface area (Å²) in [6, 6.07) is 1.48. The van der Waals surface area contributed by atoms with Gasteiger partial charge in [0.1, 0.15) is 11.2 Å². The molecule has 2 rings (SSSR count). The Kier molecular flexibility index (Phi) is 3.45. The number of thiophene rings is 1. The van der Waals surface area contributed by atoms with Gasteiger partial charge in [0.25, 0.3) is 5.91 Å². The minimum atomic E-state index is -0.286. The van der Waals surface area contributed by atoms with E-state index >= 15 is 0 Å². The van der Waals surface area contributed by atoms with Crippen LogP contribution < -0.4 is 5.32 Å². The van der Waals surface area contributed by atoms with Gasteiger partial charge in [0.2, 0.25) is 0 Å². The molecule has 0 spiro atoms. The van der Waals surface area contributed by atoms with Gasteiger partial charge in [-0.1, -0.05) is 0 Å². The molecule has 90 valence electrons. The van der Waals surface area contributed by atoms with E-state index in [9.17, 15) is 4.79 Å². The lowest BCUT2D eigenvalue weighted by Gasteiger charge is -2.10. The van der Waals surface area contributed by atoms with E-state index < -0.39 is 0 Å². The molecule has 0 fully saturated rings. The van der Waals surface area contributed by atoms with E-state index in [4.69, 9.17) is 5.11 Å². The number of carbonyl (C=O) groups excluding carboxylic acids is 1. The summed E-state index contributed by atoms with van der Waals surface area (Å²) < 4.78 is 1.43. The van der Waals surface area contributed by atoms with Gasteiger partial charge >= 0.3 is 0 Å². The second kappa shape index (κ2) is 5.02. The van der Waals surface area contributed by atoms with Crippen LogP contribution in [0.25, 0.3) is 5.69 Å². The highest BCUT2D eigenvalue weighted by Crippen LogP contribution is 2.19. The molecule has 2 heterocycles. The molecule has 7 nitrogen and oxygen atoms in total. The van der Waals surface area contributed by atoms with Crippen molar-refractivity contribution >= 4 is 17.2 Å². The van der Waals surface area contributed by atoms with Gasteiger partial charge in [-0.25, -0.2) is 0 Å². The molecule has 0 aliphatic heterocycles. The predicted molar refractivity (Wildman–Crippen MR) is 61.0 cm³/mol. The van der Waals surface area contributed by atoms with Crippen LogP contribution in [0.1, 0.15) is 16.6 Å². The summed E-state index contributed by atoms with van der Waals surface area (Å²) in [6.45, 7) is 1.62. The van der Waals surface area contributed by atoms with Crippen LogP contribution >= 0.6 is 11.3 Å². The molecule has 2 aromatic rings. The number of tetrazole rings is 1. The highest BCUT2D eigenvalue weighted by Gasteiger charge is 2.16. The van der Waals surface area contributed by atoms with Crippen molar-refractivity contribution in [1.82, 2.24) is 25.5 Å². The number of nitrogens with one attached hydrogen (secondary N) is 1. The molecule has 2 aromatic heterocycles. The Labute approximate surface area is 101 Å². The van der Waals surface area contributed by atoms with E-state index in [1.807, 2.05) is 0 Å². The number of amides is 1. The summed E-state index contributed by atoms with van der Waals surface area (Å²) in [5, 5.41) is 24.1. The zero-order valence-corrected chi connectivity index (χ0v) is 9.89. The first-order valence-electron chi connectivity index (χ1n) is 4.95. The fraction of sp³-hybridized carbons (Fsp3) is 0.333. The molecule has 0 aliphatic carbocycles. The zero-order chi connectivity index (χ0) is 12.3. The largest absolute Gasteiger partial charge is 0.394 e. The minimum absolute atomic E-state index is 0.0999. The number of hydrogen-bond acceptors (Lipinski definition) is 6. The van der Waals surface area contributed by atoms with E-state index in [1.54, 1.807) is 18.4 Å². The SMILES string of the molecule is CC(CO)NC(=O)c1sccc1-n1cnnn1. The number of carbonyl (C=O) groups is 1. The number of nitrogens with zero attached hydrogens (tertiary/aromatic N) is 4. The van der Waals surface area contributed by atoms with Crippen LogP contribution in [-0.4, -0.2) is 43.9 Å². The van der Waals surface area contributed by atoms with Crippen molar-refractivity contribution in [3.63, 3.8) is 0 Å². The van der Waals surface area contributed by atoms with Crippen LogP contribution in [0.15, 0.2) is 17.8 Å². The Morgan fingerprint density at radius 3 is 3.18 bits per heavy atom. The average Bonchev–Trinajstić information content (AvgIpc) is 2.98. The standard InChI is InChI=1S/C9H11N5O2S/c1-6(4-15)11-9(16)8-7(2-3-17-8)14-5-10-12-13-14/h2-3,5-6,15H,4H2,1H3,(H,11,16). The van der Waals surface area contributed by atoms with Gasteiger partial charge < -0.3 is 10.4 Å². The highest BCUT2D eigenvalue weighted by molar-refractivity contribution is 7.12. The second-order valence-electron chi connectivity index (χ2n) is 3.45. The predicted octanol–water partition coefficient (Wildman–Crippen LogP) is -0.166. The lowest BCUT2D eigenvalue weighted by molar-refractivity contribution is 0.0926. The van der Waals surface area contributed by atoms with Crippen LogP contribution in [0.4, 0.5) is 0 Å². The Morgan fingerprint density at radius 2 is 2.53 bits per heavy atom. The monoisotopic (exact) mass is 253 g/mol. The fourth-order valence-electron chi connectivity index (χ4n) is 1.26. The van der Waals surface area contributed by atoms with Crippen molar-refractivity contribution in [2.24, 2.45) is 0 Å². The highest BCUT2D eigenvalue weighted by atomic mass is 32.1. The first-order valence-corrected chi connectivity index (χ1v) is 5.83. The Balaban J connectivity index is 2.22. The zero-order valence-electron chi connectivity index (χ0n) is 9.07. The van der Waals surface area contributed by atoms with Gasteiger partial charge in [-0.05, 0) is 28.8 Å². The van der Waals surface area contributed by atoms with Crippen molar-refractivity contribution in [2.75, 3.05) is 6.61 Å². The number of aromatic nitrogens is 4. The van der Waals surface area contributed by atoms with Gasteiger partial charge in [0.15, 0.2) is 0 Å². The normalized spacial score (nSPS) is 12.4. The molecule has 0 saturated heterocycles. The smallest absolute Gasteiger partial charge is 0.263 e. The van der Waals surface area contributed by atoms with Gasteiger partial charge in [-0.15, -0.1) is 16.4 Å². The molecule has 0 aromatic carbocycles. The third kappa shape index (κ3) is 2.48. The Bertz CT molecular complexity index is 495. The van der Waals surface area contributed by atoms with E-state index in [0.717, 1.165) is 0 Å². The molecule has 1 amide bonds. The molecule has 8 heteroatoms. The summed E-state index contributed by atoms with van der Waals surface area (Å²) in [4.78, 5) is 12.4. The van der Waals surface area contributed by atoms with Crippen LogP contribution in [0, 0.1) is 0 Å². The average molecular weight is 253 g/mol. The molecule has 17 heavy (non-hydrogen) atoms. The van der Waals surface area contributed by atoms with Crippen molar-refractivity contribution in [1.29, 1.82) is 0 Å². The van der Waals surface area contributed by atoms with Crippen LogP contribution in [-0.2, 0) is 0 Å². The minimum Gasteiger partial charge on any atom is -0.394 e. The third-order valence-electron chi connectivity index (χ3n) is 2.10. The molecule has 0 radical (unpaired) electrons. The quantitative estimate of drug-likeness (QED) is 0.789. The van der Waals surface area contributed by atoms with E-state index in [-0.39, 0.29) is 18.6 Å². The van der Waals surface area contributed by atoms with Crippen LogP contribution in [0.5, 0.6) is 0 Å². The number of rotatable bonds is 4. The lowest BCUT2D eigenvalue weighted by atomic mass is 10.3. The van der Waals surface area contributed by atoms with Crippen LogP contribution in [0.3, 0.4) is 0 Å². The Hall–Kier alpha value is -1.80. The fourth-order valence-corrected chi connectivity index (χ4v) is 2.04. The van der Waals surface area contributed by atoms with Crippen LogP contribution in [0.2, 0.25) is 0 Å². The molecular formula is C9H11N5O2S. The molecule has 0 aliphatic rings. The molecule has 0 saturated carbocycles. The molecule has 2 N–H and O–H groups in total. The number of hydrogen-bond donors (Lipinski definition) is 2. The van der Waals surface area contributed by atoms with Gasteiger partial charge in [0, 0.05) is 6.04 Å². The summed E-state index contributed by atoms with van der Waals surface area (Å²) >= 11 is 1.30.